The zero-order valence-corrected chi connectivity index (χ0v) is 12.3. The second kappa shape index (κ2) is 7.26. The van der Waals surface area contributed by atoms with Crippen LogP contribution in [0.15, 0.2) is 18.2 Å². The Hall–Kier alpha value is -1.82. The lowest BCUT2D eigenvalue weighted by Crippen LogP contribution is -2.22. The van der Waals surface area contributed by atoms with Gasteiger partial charge >= 0.3 is 0 Å². The summed E-state index contributed by atoms with van der Waals surface area (Å²) in [7, 11) is 0. The lowest BCUT2D eigenvalue weighted by atomic mass is 10.1. The van der Waals surface area contributed by atoms with E-state index >= 15 is 0 Å². The summed E-state index contributed by atoms with van der Waals surface area (Å²) in [6.07, 6.45) is 3.61. The van der Waals surface area contributed by atoms with E-state index in [2.05, 4.69) is 10.6 Å². The molecule has 0 saturated heterocycles. The second-order valence-corrected chi connectivity index (χ2v) is 5.59. The maximum Gasteiger partial charge on any atom is 0.273 e. The summed E-state index contributed by atoms with van der Waals surface area (Å²) in [5.41, 5.74) is 1.55. The van der Waals surface area contributed by atoms with Crippen LogP contribution in [0.25, 0.3) is 0 Å². The van der Waals surface area contributed by atoms with Crippen LogP contribution in [0.4, 0.5) is 17.1 Å². The van der Waals surface area contributed by atoms with Crippen LogP contribution in [0.1, 0.15) is 32.6 Å². The van der Waals surface area contributed by atoms with Crippen LogP contribution in [0.3, 0.4) is 0 Å². The zero-order chi connectivity index (χ0) is 15.2. The average Bonchev–Trinajstić information content (AvgIpc) is 2.88. The number of non-ortho nitro benzene ring substituents is 1. The minimum Gasteiger partial charge on any atom is -0.393 e. The summed E-state index contributed by atoms with van der Waals surface area (Å²) in [5, 5.41) is 27.2. The fourth-order valence-corrected chi connectivity index (χ4v) is 2.69. The Kier molecular flexibility index (Phi) is 5.38. The van der Waals surface area contributed by atoms with Gasteiger partial charge in [-0.05, 0) is 25.3 Å². The molecule has 1 aromatic carbocycles. The molecule has 1 aliphatic rings. The van der Waals surface area contributed by atoms with Gasteiger partial charge in [0.2, 0.25) is 0 Å². The van der Waals surface area contributed by atoms with Gasteiger partial charge in [-0.1, -0.05) is 13.3 Å². The standard InChI is InChI=1S/C15H23N3O3/c1-2-6-16-12-7-13(9-14(8-12)18(20)21)17-10-11-4-3-5-15(11)19/h7-9,11,15-17,19H,2-6,10H2,1H3. The molecule has 6 heteroatoms. The number of benzene rings is 1. The van der Waals surface area contributed by atoms with Crippen LogP contribution < -0.4 is 10.6 Å². The number of aliphatic hydroxyl groups excluding tert-OH is 1. The van der Waals surface area contributed by atoms with Gasteiger partial charge in [-0.25, -0.2) is 0 Å². The van der Waals surface area contributed by atoms with E-state index < -0.39 is 0 Å². The van der Waals surface area contributed by atoms with Gasteiger partial charge in [0.1, 0.15) is 0 Å². The van der Waals surface area contributed by atoms with Crippen molar-refractivity contribution in [3.05, 3.63) is 28.3 Å². The van der Waals surface area contributed by atoms with Crippen molar-refractivity contribution in [1.82, 2.24) is 0 Å². The molecular weight excluding hydrogens is 270 g/mol. The van der Waals surface area contributed by atoms with Crippen molar-refractivity contribution < 1.29 is 10.0 Å². The zero-order valence-electron chi connectivity index (χ0n) is 12.3. The molecule has 6 nitrogen and oxygen atoms in total. The lowest BCUT2D eigenvalue weighted by molar-refractivity contribution is -0.384. The highest BCUT2D eigenvalue weighted by Gasteiger charge is 2.24. The molecule has 0 heterocycles. The molecule has 0 amide bonds. The van der Waals surface area contributed by atoms with Crippen molar-refractivity contribution in [3.63, 3.8) is 0 Å². The fraction of sp³-hybridized carbons (Fsp3) is 0.600. The molecule has 1 aromatic rings. The molecule has 0 bridgehead atoms. The van der Waals surface area contributed by atoms with Crippen LogP contribution in [0.2, 0.25) is 0 Å². The van der Waals surface area contributed by atoms with E-state index in [-0.39, 0.29) is 22.6 Å². The Morgan fingerprint density at radius 1 is 1.29 bits per heavy atom. The normalized spacial score (nSPS) is 21.2. The van der Waals surface area contributed by atoms with E-state index in [4.69, 9.17) is 0 Å². The third-order valence-corrected chi connectivity index (χ3v) is 3.90. The summed E-state index contributed by atoms with van der Waals surface area (Å²) in [6.45, 7) is 3.47. The van der Waals surface area contributed by atoms with E-state index in [0.717, 1.165) is 43.6 Å². The summed E-state index contributed by atoms with van der Waals surface area (Å²) in [6, 6.07) is 4.97. The predicted molar refractivity (Wildman–Crippen MR) is 83.7 cm³/mol. The number of hydrogen-bond acceptors (Lipinski definition) is 5. The van der Waals surface area contributed by atoms with Gasteiger partial charge in [-0.2, -0.15) is 0 Å². The van der Waals surface area contributed by atoms with E-state index in [0.29, 0.717) is 6.54 Å². The number of anilines is 2. The molecule has 0 spiro atoms. The van der Waals surface area contributed by atoms with Gasteiger partial charge in [-0.3, -0.25) is 10.1 Å². The topological polar surface area (TPSA) is 87.4 Å². The van der Waals surface area contributed by atoms with Crippen molar-refractivity contribution in [2.45, 2.75) is 38.7 Å². The van der Waals surface area contributed by atoms with Crippen molar-refractivity contribution in [2.75, 3.05) is 23.7 Å². The first-order valence-corrected chi connectivity index (χ1v) is 7.55. The summed E-state index contributed by atoms with van der Waals surface area (Å²) in [4.78, 5) is 10.6. The summed E-state index contributed by atoms with van der Waals surface area (Å²) < 4.78 is 0. The molecule has 2 unspecified atom stereocenters. The van der Waals surface area contributed by atoms with Crippen LogP contribution in [-0.2, 0) is 0 Å². The van der Waals surface area contributed by atoms with Gasteiger partial charge < -0.3 is 15.7 Å². The number of nitro benzene ring substituents is 1. The molecule has 0 radical (unpaired) electrons. The Morgan fingerprint density at radius 3 is 2.57 bits per heavy atom. The number of aliphatic hydroxyl groups is 1. The largest absolute Gasteiger partial charge is 0.393 e. The first-order chi connectivity index (χ1) is 10.1. The average molecular weight is 293 g/mol. The molecule has 1 aliphatic carbocycles. The van der Waals surface area contributed by atoms with Gasteiger partial charge in [-0.15, -0.1) is 0 Å². The number of nitrogens with zero attached hydrogens (tertiary/aromatic N) is 1. The Bertz CT molecular complexity index is 493. The Morgan fingerprint density at radius 2 is 2.00 bits per heavy atom. The Labute approximate surface area is 124 Å². The molecule has 1 saturated carbocycles. The molecule has 21 heavy (non-hydrogen) atoms. The maximum atomic E-state index is 11.0. The van der Waals surface area contributed by atoms with E-state index in [1.54, 1.807) is 12.1 Å². The van der Waals surface area contributed by atoms with E-state index in [1.807, 2.05) is 13.0 Å². The Balaban J connectivity index is 2.05. The molecule has 0 aromatic heterocycles. The monoisotopic (exact) mass is 293 g/mol. The quantitative estimate of drug-likeness (QED) is 0.531. The third kappa shape index (κ3) is 4.32. The van der Waals surface area contributed by atoms with Crippen molar-refractivity contribution in [2.24, 2.45) is 5.92 Å². The van der Waals surface area contributed by atoms with E-state index in [9.17, 15) is 15.2 Å². The summed E-state index contributed by atoms with van der Waals surface area (Å²) in [5.74, 6) is 0.233. The molecule has 116 valence electrons. The number of nitro groups is 1. The second-order valence-electron chi connectivity index (χ2n) is 5.59. The van der Waals surface area contributed by atoms with Gasteiger partial charge in [0.05, 0.1) is 11.0 Å². The molecule has 1 fully saturated rings. The third-order valence-electron chi connectivity index (χ3n) is 3.90. The minimum atomic E-state index is -0.382. The highest BCUT2D eigenvalue weighted by atomic mass is 16.6. The first kappa shape index (κ1) is 15.6. The van der Waals surface area contributed by atoms with Crippen LogP contribution in [0, 0.1) is 16.0 Å². The minimum absolute atomic E-state index is 0.0746. The van der Waals surface area contributed by atoms with E-state index in [1.165, 1.54) is 0 Å². The number of nitrogens with one attached hydrogen (secondary N) is 2. The van der Waals surface area contributed by atoms with Crippen molar-refractivity contribution in [3.8, 4) is 0 Å². The lowest BCUT2D eigenvalue weighted by Gasteiger charge is -2.16. The van der Waals surface area contributed by atoms with Gasteiger partial charge in [0, 0.05) is 42.5 Å². The number of rotatable bonds is 7. The molecule has 2 rings (SSSR count). The molecule has 0 aliphatic heterocycles. The van der Waals surface area contributed by atoms with Crippen molar-refractivity contribution in [1.29, 1.82) is 0 Å². The van der Waals surface area contributed by atoms with Crippen LogP contribution in [-0.4, -0.2) is 29.2 Å². The van der Waals surface area contributed by atoms with Gasteiger partial charge in [0.25, 0.3) is 5.69 Å². The van der Waals surface area contributed by atoms with Gasteiger partial charge in [0.15, 0.2) is 0 Å². The van der Waals surface area contributed by atoms with Crippen molar-refractivity contribution >= 4 is 17.1 Å². The number of hydrogen-bond donors (Lipinski definition) is 3. The highest BCUT2D eigenvalue weighted by Crippen LogP contribution is 2.28. The highest BCUT2D eigenvalue weighted by molar-refractivity contribution is 5.63. The SMILES string of the molecule is CCCNc1cc(NCC2CCCC2O)cc([N+](=O)[O-])c1. The maximum absolute atomic E-state index is 11.0. The predicted octanol–water partition coefficient (Wildman–Crippen LogP) is 2.99. The molecule has 2 atom stereocenters. The van der Waals surface area contributed by atoms with Crippen LogP contribution >= 0.6 is 0 Å². The van der Waals surface area contributed by atoms with Crippen LogP contribution in [0.5, 0.6) is 0 Å². The smallest absolute Gasteiger partial charge is 0.273 e. The fourth-order valence-electron chi connectivity index (χ4n) is 2.69. The molecular formula is C15H23N3O3. The molecule has 3 N–H and O–H groups in total. The summed E-state index contributed by atoms with van der Waals surface area (Å²) >= 11 is 0. The first-order valence-electron chi connectivity index (χ1n) is 7.55.